The van der Waals surface area contributed by atoms with Gasteiger partial charge in [0.05, 0.1) is 23.4 Å². The second-order valence-corrected chi connectivity index (χ2v) is 8.11. The van der Waals surface area contributed by atoms with E-state index >= 15 is 0 Å². The van der Waals surface area contributed by atoms with Gasteiger partial charge in [0.1, 0.15) is 10.6 Å². The number of methoxy groups -OCH3 is 1. The highest BCUT2D eigenvalue weighted by molar-refractivity contribution is 7.14. The Kier molecular flexibility index (Phi) is 5.11. The van der Waals surface area contributed by atoms with Gasteiger partial charge in [0.2, 0.25) is 0 Å². The number of ether oxygens (including phenoxy) is 2. The van der Waals surface area contributed by atoms with Gasteiger partial charge >= 0.3 is 0 Å². The van der Waals surface area contributed by atoms with Crippen LogP contribution < -0.4 is 10.1 Å². The van der Waals surface area contributed by atoms with Crippen molar-refractivity contribution in [3.63, 3.8) is 0 Å². The summed E-state index contributed by atoms with van der Waals surface area (Å²) in [5.41, 5.74) is 1.45. The zero-order valence-corrected chi connectivity index (χ0v) is 15.9. The van der Waals surface area contributed by atoms with Gasteiger partial charge < -0.3 is 14.8 Å². The minimum Gasteiger partial charge on any atom is -0.497 e. The van der Waals surface area contributed by atoms with Gasteiger partial charge in [0.15, 0.2) is 0 Å². The first-order valence-electron chi connectivity index (χ1n) is 8.44. The van der Waals surface area contributed by atoms with Gasteiger partial charge in [-0.3, -0.25) is 4.79 Å². The van der Waals surface area contributed by atoms with E-state index in [-0.39, 0.29) is 17.6 Å². The number of hydrogen-bond donors (Lipinski definition) is 1. The Labute approximate surface area is 152 Å². The molecule has 0 bridgehead atoms. The molecule has 1 fully saturated rings. The summed E-state index contributed by atoms with van der Waals surface area (Å²) in [6.45, 7) is 6.72. The standard InChI is InChI=1S/C19H24N2O3S/c1-12-20-16(13-5-7-15(23-4)8-6-13)17(25-12)18(22)21-14-9-10-24-19(2,3)11-14/h5-8,14H,9-11H2,1-4H3,(H,21,22)/t14-/m0/s1. The van der Waals surface area contributed by atoms with Gasteiger partial charge in [-0.05, 0) is 57.9 Å². The van der Waals surface area contributed by atoms with Crippen LogP contribution in [0.2, 0.25) is 0 Å². The summed E-state index contributed by atoms with van der Waals surface area (Å²) in [4.78, 5) is 18.1. The number of hydrogen-bond acceptors (Lipinski definition) is 5. The molecule has 134 valence electrons. The van der Waals surface area contributed by atoms with E-state index in [0.29, 0.717) is 11.5 Å². The van der Waals surface area contributed by atoms with Crippen molar-refractivity contribution in [2.75, 3.05) is 13.7 Å². The average molecular weight is 360 g/mol. The molecule has 0 aliphatic carbocycles. The molecule has 1 atom stereocenters. The number of nitrogens with zero attached hydrogens (tertiary/aromatic N) is 1. The van der Waals surface area contributed by atoms with Gasteiger partial charge in [0.25, 0.3) is 5.91 Å². The Morgan fingerprint density at radius 1 is 1.36 bits per heavy atom. The molecule has 1 saturated heterocycles. The third-order valence-electron chi connectivity index (χ3n) is 4.34. The quantitative estimate of drug-likeness (QED) is 0.900. The first kappa shape index (κ1) is 17.9. The lowest BCUT2D eigenvalue weighted by Gasteiger charge is -2.35. The van der Waals surface area contributed by atoms with Crippen molar-refractivity contribution < 1.29 is 14.3 Å². The molecule has 0 unspecified atom stereocenters. The zero-order chi connectivity index (χ0) is 18.0. The SMILES string of the molecule is COc1ccc(-c2nc(C)sc2C(=O)N[C@H]2CCOC(C)(C)C2)cc1. The molecule has 2 heterocycles. The van der Waals surface area contributed by atoms with Gasteiger partial charge in [-0.25, -0.2) is 4.98 Å². The maximum Gasteiger partial charge on any atom is 0.263 e. The molecule has 5 nitrogen and oxygen atoms in total. The molecule has 1 aromatic carbocycles. The molecule has 3 rings (SSSR count). The van der Waals surface area contributed by atoms with E-state index in [1.807, 2.05) is 31.2 Å². The Bertz CT molecular complexity index is 753. The number of thiazole rings is 1. The molecule has 6 heteroatoms. The van der Waals surface area contributed by atoms with E-state index in [1.54, 1.807) is 7.11 Å². The van der Waals surface area contributed by atoms with Crippen LogP contribution in [0, 0.1) is 6.92 Å². The summed E-state index contributed by atoms with van der Waals surface area (Å²) in [5, 5.41) is 4.04. The van der Waals surface area contributed by atoms with Crippen LogP contribution in [0.5, 0.6) is 5.75 Å². The van der Waals surface area contributed by atoms with Crippen LogP contribution in [0.3, 0.4) is 0 Å². The third-order valence-corrected chi connectivity index (χ3v) is 5.31. The summed E-state index contributed by atoms with van der Waals surface area (Å²) in [7, 11) is 1.64. The lowest BCUT2D eigenvalue weighted by molar-refractivity contribution is -0.0615. The monoisotopic (exact) mass is 360 g/mol. The van der Waals surface area contributed by atoms with E-state index in [9.17, 15) is 4.79 Å². The second-order valence-electron chi connectivity index (χ2n) is 6.91. The molecule has 2 aromatic rings. The molecule has 1 N–H and O–H groups in total. The maximum atomic E-state index is 12.8. The van der Waals surface area contributed by atoms with Crippen molar-refractivity contribution in [3.05, 3.63) is 34.2 Å². The fourth-order valence-electron chi connectivity index (χ4n) is 3.13. The summed E-state index contributed by atoms with van der Waals surface area (Å²) in [6, 6.07) is 7.75. The van der Waals surface area contributed by atoms with E-state index in [4.69, 9.17) is 9.47 Å². The molecule has 0 radical (unpaired) electrons. The van der Waals surface area contributed by atoms with Crippen LogP contribution in [-0.4, -0.2) is 36.3 Å². The van der Waals surface area contributed by atoms with Crippen molar-refractivity contribution in [2.24, 2.45) is 0 Å². The summed E-state index contributed by atoms with van der Waals surface area (Å²) >= 11 is 1.43. The number of aryl methyl sites for hydroxylation is 1. The molecule has 0 spiro atoms. The van der Waals surface area contributed by atoms with Crippen molar-refractivity contribution in [3.8, 4) is 17.0 Å². The Morgan fingerprint density at radius 2 is 2.08 bits per heavy atom. The van der Waals surface area contributed by atoms with Crippen molar-refractivity contribution in [1.82, 2.24) is 10.3 Å². The van der Waals surface area contributed by atoms with Crippen LogP contribution in [0.4, 0.5) is 0 Å². The summed E-state index contributed by atoms with van der Waals surface area (Å²) < 4.78 is 10.9. The smallest absolute Gasteiger partial charge is 0.263 e. The lowest BCUT2D eigenvalue weighted by Crippen LogP contribution is -2.45. The van der Waals surface area contributed by atoms with Crippen molar-refractivity contribution in [2.45, 2.75) is 45.3 Å². The molecule has 25 heavy (non-hydrogen) atoms. The molecule has 1 aromatic heterocycles. The summed E-state index contributed by atoms with van der Waals surface area (Å²) in [6.07, 6.45) is 1.65. The number of rotatable bonds is 4. The lowest BCUT2D eigenvalue weighted by atomic mass is 9.94. The van der Waals surface area contributed by atoms with E-state index in [1.165, 1.54) is 11.3 Å². The second kappa shape index (κ2) is 7.14. The highest BCUT2D eigenvalue weighted by Gasteiger charge is 2.30. The van der Waals surface area contributed by atoms with Gasteiger partial charge in [0, 0.05) is 18.2 Å². The Morgan fingerprint density at radius 3 is 2.72 bits per heavy atom. The molecular weight excluding hydrogens is 336 g/mol. The number of carbonyl (C=O) groups is 1. The highest BCUT2D eigenvalue weighted by Crippen LogP contribution is 2.30. The van der Waals surface area contributed by atoms with Gasteiger partial charge in [-0.2, -0.15) is 0 Å². The topological polar surface area (TPSA) is 60.5 Å². The molecule has 1 aliphatic rings. The van der Waals surface area contributed by atoms with Gasteiger partial charge in [-0.1, -0.05) is 0 Å². The number of benzene rings is 1. The van der Waals surface area contributed by atoms with Crippen LogP contribution in [0.15, 0.2) is 24.3 Å². The Hall–Kier alpha value is -1.92. The molecule has 1 aliphatic heterocycles. The van der Waals surface area contributed by atoms with Gasteiger partial charge in [-0.15, -0.1) is 11.3 Å². The predicted molar refractivity (Wildman–Crippen MR) is 99.4 cm³/mol. The Balaban J connectivity index is 1.81. The number of carbonyl (C=O) groups excluding carboxylic acids is 1. The minimum atomic E-state index is -0.196. The average Bonchev–Trinajstić information content (AvgIpc) is 2.96. The molecule has 0 saturated carbocycles. The number of amides is 1. The fraction of sp³-hybridized carbons (Fsp3) is 0.474. The first-order valence-corrected chi connectivity index (χ1v) is 9.26. The van der Waals surface area contributed by atoms with Crippen molar-refractivity contribution in [1.29, 1.82) is 0 Å². The third kappa shape index (κ3) is 4.19. The van der Waals surface area contributed by atoms with Crippen LogP contribution in [0.1, 0.15) is 41.4 Å². The molecular formula is C19H24N2O3S. The fourth-order valence-corrected chi connectivity index (χ4v) is 3.98. The summed E-state index contributed by atoms with van der Waals surface area (Å²) in [5.74, 6) is 0.727. The predicted octanol–water partition coefficient (Wildman–Crippen LogP) is 3.81. The van der Waals surface area contributed by atoms with E-state index in [2.05, 4.69) is 24.1 Å². The van der Waals surface area contributed by atoms with E-state index in [0.717, 1.165) is 34.9 Å². The maximum absolute atomic E-state index is 12.8. The zero-order valence-electron chi connectivity index (χ0n) is 15.1. The first-order chi connectivity index (χ1) is 11.9. The van der Waals surface area contributed by atoms with Crippen molar-refractivity contribution >= 4 is 17.2 Å². The normalized spacial score (nSPS) is 19.4. The van der Waals surface area contributed by atoms with Crippen LogP contribution >= 0.6 is 11.3 Å². The van der Waals surface area contributed by atoms with E-state index < -0.39 is 0 Å². The largest absolute Gasteiger partial charge is 0.497 e. The number of nitrogens with one attached hydrogen (secondary N) is 1. The minimum absolute atomic E-state index is 0.0564. The number of aromatic nitrogens is 1. The highest BCUT2D eigenvalue weighted by atomic mass is 32.1. The van der Waals surface area contributed by atoms with Crippen LogP contribution in [0.25, 0.3) is 11.3 Å². The van der Waals surface area contributed by atoms with Crippen LogP contribution in [-0.2, 0) is 4.74 Å². The molecule has 1 amide bonds.